The Balaban J connectivity index is 5.15. The summed E-state index contributed by atoms with van der Waals surface area (Å²) in [7, 11) is -2.55. The van der Waals surface area contributed by atoms with Crippen molar-refractivity contribution in [2.45, 2.75) is 58.1 Å². The molecule has 0 spiro atoms. The van der Waals surface area contributed by atoms with Gasteiger partial charge in [-0.2, -0.15) is 13.2 Å². The molecule has 0 aliphatic rings. The number of rotatable bonds is 4. The summed E-state index contributed by atoms with van der Waals surface area (Å²) in [4.78, 5) is 11.0. The lowest BCUT2D eigenvalue weighted by molar-refractivity contribution is -0.200. The third kappa shape index (κ3) is 4.27. The molecule has 18 heavy (non-hydrogen) atoms. The molecule has 0 aromatic carbocycles. The third-order valence-electron chi connectivity index (χ3n) is 3.44. The van der Waals surface area contributed by atoms with E-state index in [-0.39, 0.29) is 5.04 Å². The highest BCUT2D eigenvalue weighted by Gasteiger charge is 2.49. The first-order valence-corrected chi connectivity index (χ1v) is 8.58. The van der Waals surface area contributed by atoms with E-state index in [0.29, 0.717) is 0 Å². The molecule has 0 aliphatic heterocycles. The molecule has 0 aromatic rings. The topological polar surface area (TPSA) is 46.5 Å². The molecule has 0 rings (SSSR count). The van der Waals surface area contributed by atoms with E-state index in [1.54, 1.807) is 13.1 Å². The van der Waals surface area contributed by atoms with Crippen LogP contribution in [0.25, 0.3) is 0 Å². The second kappa shape index (κ2) is 5.20. The van der Waals surface area contributed by atoms with Gasteiger partial charge >= 0.3 is 12.1 Å². The van der Waals surface area contributed by atoms with Gasteiger partial charge < -0.3 is 9.53 Å². The van der Waals surface area contributed by atoms with Crippen LogP contribution in [0.2, 0.25) is 18.1 Å². The second-order valence-corrected chi connectivity index (χ2v) is 10.7. The number of carboxylic acids is 1. The largest absolute Gasteiger partial charge is 0.479 e. The van der Waals surface area contributed by atoms with Crippen molar-refractivity contribution in [3.63, 3.8) is 0 Å². The maximum atomic E-state index is 12.6. The predicted molar refractivity (Wildman–Crippen MR) is 64.9 cm³/mol. The van der Waals surface area contributed by atoms with E-state index in [0.717, 1.165) is 6.92 Å². The van der Waals surface area contributed by atoms with Gasteiger partial charge in [0.1, 0.15) is 0 Å². The molecular weight excluding hydrogens is 265 g/mol. The number of halogens is 3. The Labute approximate surface area is 106 Å². The third-order valence-corrected chi connectivity index (χ3v) is 7.90. The molecule has 0 saturated heterocycles. The van der Waals surface area contributed by atoms with Gasteiger partial charge in [-0.25, -0.2) is 4.79 Å². The van der Waals surface area contributed by atoms with Crippen molar-refractivity contribution in [2.24, 2.45) is 5.92 Å². The summed E-state index contributed by atoms with van der Waals surface area (Å²) in [5.41, 5.74) is 0. The SMILES string of the molecule is CC(C(O[Si](C)(C)C(C)(C)C)C(=O)O)C(F)(F)F. The number of hydrogen-bond acceptors (Lipinski definition) is 2. The molecule has 108 valence electrons. The fourth-order valence-electron chi connectivity index (χ4n) is 1.03. The molecule has 0 saturated carbocycles. The number of carbonyl (C=O) groups is 1. The molecule has 0 radical (unpaired) electrons. The van der Waals surface area contributed by atoms with Crippen molar-refractivity contribution in [3.8, 4) is 0 Å². The Hall–Kier alpha value is -0.563. The Morgan fingerprint density at radius 1 is 1.22 bits per heavy atom. The summed E-state index contributed by atoms with van der Waals surface area (Å²) in [5.74, 6) is -3.59. The Morgan fingerprint density at radius 2 is 1.61 bits per heavy atom. The van der Waals surface area contributed by atoms with Gasteiger partial charge in [0.15, 0.2) is 14.4 Å². The van der Waals surface area contributed by atoms with Crippen molar-refractivity contribution < 1.29 is 27.5 Å². The van der Waals surface area contributed by atoms with Gasteiger partial charge in [-0.1, -0.05) is 27.7 Å². The van der Waals surface area contributed by atoms with Crippen LogP contribution in [0.5, 0.6) is 0 Å². The van der Waals surface area contributed by atoms with Gasteiger partial charge in [-0.3, -0.25) is 0 Å². The first-order chi connectivity index (χ1) is 7.70. The van der Waals surface area contributed by atoms with Crippen molar-refractivity contribution in [3.05, 3.63) is 0 Å². The molecule has 2 unspecified atom stereocenters. The molecule has 0 aromatic heterocycles. The Morgan fingerprint density at radius 3 is 1.83 bits per heavy atom. The zero-order valence-electron chi connectivity index (χ0n) is 11.6. The van der Waals surface area contributed by atoms with Crippen LogP contribution in [0, 0.1) is 5.92 Å². The minimum absolute atomic E-state index is 0.341. The van der Waals surface area contributed by atoms with Crippen LogP contribution in [0.4, 0.5) is 13.2 Å². The van der Waals surface area contributed by atoms with Gasteiger partial charge in [-0.15, -0.1) is 0 Å². The lowest BCUT2D eigenvalue weighted by Gasteiger charge is -2.39. The number of aliphatic carboxylic acids is 1. The van der Waals surface area contributed by atoms with Crippen LogP contribution in [0.15, 0.2) is 0 Å². The maximum Gasteiger partial charge on any atom is 0.394 e. The maximum absolute atomic E-state index is 12.6. The van der Waals surface area contributed by atoms with Gasteiger partial charge in [-0.05, 0) is 18.1 Å². The highest BCUT2D eigenvalue weighted by atomic mass is 28.4. The van der Waals surface area contributed by atoms with Crippen LogP contribution in [-0.2, 0) is 9.22 Å². The zero-order valence-corrected chi connectivity index (χ0v) is 12.6. The summed E-state index contributed by atoms with van der Waals surface area (Å²) in [6.07, 6.45) is -6.42. The molecule has 0 bridgehead atoms. The average molecular weight is 286 g/mol. The summed E-state index contributed by atoms with van der Waals surface area (Å²) in [5, 5.41) is 8.59. The van der Waals surface area contributed by atoms with Crippen LogP contribution in [0.3, 0.4) is 0 Å². The molecular formula is C11H21F3O3Si. The van der Waals surface area contributed by atoms with E-state index in [1.807, 2.05) is 20.8 Å². The van der Waals surface area contributed by atoms with E-state index in [9.17, 15) is 18.0 Å². The van der Waals surface area contributed by atoms with Crippen LogP contribution in [0.1, 0.15) is 27.7 Å². The van der Waals surface area contributed by atoms with Crippen LogP contribution < -0.4 is 0 Å². The van der Waals surface area contributed by atoms with Crippen molar-refractivity contribution in [1.82, 2.24) is 0 Å². The Bertz CT molecular complexity index is 308. The number of carboxylic acid groups (broad SMARTS) is 1. The van der Waals surface area contributed by atoms with Gasteiger partial charge in [0.05, 0.1) is 5.92 Å². The summed E-state index contributed by atoms with van der Waals surface area (Å²) >= 11 is 0. The van der Waals surface area contributed by atoms with Crippen LogP contribution in [-0.4, -0.2) is 31.7 Å². The summed E-state index contributed by atoms with van der Waals surface area (Å²) in [6, 6.07) is 0. The fourth-order valence-corrected chi connectivity index (χ4v) is 2.33. The lowest BCUT2D eigenvalue weighted by Crippen LogP contribution is -2.50. The average Bonchev–Trinajstić information content (AvgIpc) is 2.09. The van der Waals surface area contributed by atoms with Crippen molar-refractivity contribution in [1.29, 1.82) is 0 Å². The molecule has 0 fully saturated rings. The molecule has 0 aliphatic carbocycles. The zero-order chi connectivity index (χ0) is 14.9. The normalized spacial score (nSPS) is 17.4. The highest BCUT2D eigenvalue weighted by molar-refractivity contribution is 6.74. The molecule has 7 heteroatoms. The molecule has 2 atom stereocenters. The van der Waals surface area contributed by atoms with Gasteiger partial charge in [0.2, 0.25) is 0 Å². The Kier molecular flexibility index (Phi) is 5.04. The monoisotopic (exact) mass is 286 g/mol. The first kappa shape index (κ1) is 17.4. The van der Waals surface area contributed by atoms with E-state index >= 15 is 0 Å². The molecule has 0 amide bonds. The smallest absolute Gasteiger partial charge is 0.394 e. The van der Waals surface area contributed by atoms with Gasteiger partial charge in [0, 0.05) is 0 Å². The van der Waals surface area contributed by atoms with Crippen LogP contribution >= 0.6 is 0 Å². The molecule has 3 nitrogen and oxygen atoms in total. The number of alkyl halides is 3. The minimum Gasteiger partial charge on any atom is -0.479 e. The van der Waals surface area contributed by atoms with E-state index in [2.05, 4.69) is 0 Å². The number of hydrogen-bond donors (Lipinski definition) is 1. The summed E-state index contributed by atoms with van der Waals surface area (Å²) in [6.45, 7) is 9.83. The standard InChI is InChI=1S/C11H21F3O3Si/c1-7(11(12,13)14)8(9(15)16)17-18(5,6)10(2,3)4/h7-8H,1-6H3,(H,15,16). The quantitative estimate of drug-likeness (QED) is 0.802. The van der Waals surface area contributed by atoms with Gasteiger partial charge in [0.25, 0.3) is 0 Å². The van der Waals surface area contributed by atoms with E-state index < -0.39 is 32.5 Å². The lowest BCUT2D eigenvalue weighted by atomic mass is 10.1. The second-order valence-electron chi connectivity index (χ2n) is 5.97. The van der Waals surface area contributed by atoms with Crippen molar-refractivity contribution in [2.75, 3.05) is 0 Å². The fraction of sp³-hybridized carbons (Fsp3) is 0.909. The highest BCUT2D eigenvalue weighted by Crippen LogP contribution is 2.40. The minimum atomic E-state index is -4.58. The summed E-state index contributed by atoms with van der Waals surface area (Å²) < 4.78 is 43.2. The molecule has 0 heterocycles. The van der Waals surface area contributed by atoms with E-state index in [4.69, 9.17) is 9.53 Å². The first-order valence-electron chi connectivity index (χ1n) is 5.67. The van der Waals surface area contributed by atoms with Crippen molar-refractivity contribution >= 4 is 14.3 Å². The molecule has 1 N–H and O–H groups in total. The van der Waals surface area contributed by atoms with E-state index in [1.165, 1.54) is 0 Å². The predicted octanol–water partition coefficient (Wildman–Crippen LogP) is 3.66.